The van der Waals surface area contributed by atoms with E-state index in [0.717, 1.165) is 5.56 Å². The molecule has 0 bridgehead atoms. The minimum Gasteiger partial charge on any atom is -0.206 e. The van der Waals surface area contributed by atoms with Gasteiger partial charge in [0, 0.05) is 0 Å². The Balaban J connectivity index is 3.35. The van der Waals surface area contributed by atoms with E-state index in [1.165, 1.54) is 0 Å². The number of nitriles is 1. The monoisotopic (exact) mass is 191 g/mol. The van der Waals surface area contributed by atoms with Crippen molar-refractivity contribution in [3.05, 3.63) is 34.6 Å². The van der Waals surface area contributed by atoms with Crippen molar-refractivity contribution in [2.45, 2.75) is 33.1 Å². The van der Waals surface area contributed by atoms with Crippen LogP contribution in [0.4, 0.5) is 4.39 Å². The van der Waals surface area contributed by atoms with Gasteiger partial charge in [0.2, 0.25) is 0 Å². The normalized spacial score (nSPS) is 11.1. The van der Waals surface area contributed by atoms with Gasteiger partial charge in [-0.05, 0) is 44.4 Å². The van der Waals surface area contributed by atoms with E-state index < -0.39 is 5.41 Å². The summed E-state index contributed by atoms with van der Waals surface area (Å²) in [4.78, 5) is 0. The first-order chi connectivity index (χ1) is 6.38. The van der Waals surface area contributed by atoms with Crippen LogP contribution >= 0.6 is 0 Å². The van der Waals surface area contributed by atoms with Crippen LogP contribution in [-0.4, -0.2) is 0 Å². The maximum atomic E-state index is 13.3. The Morgan fingerprint density at radius 3 is 2.00 bits per heavy atom. The van der Waals surface area contributed by atoms with E-state index in [4.69, 9.17) is 5.26 Å². The summed E-state index contributed by atoms with van der Waals surface area (Å²) in [6.07, 6.45) is 0. The smallest absolute Gasteiger partial charge is 0.129 e. The van der Waals surface area contributed by atoms with Gasteiger partial charge in [0.05, 0.1) is 11.5 Å². The van der Waals surface area contributed by atoms with E-state index in [2.05, 4.69) is 6.07 Å². The maximum absolute atomic E-state index is 13.3. The van der Waals surface area contributed by atoms with Gasteiger partial charge in [-0.3, -0.25) is 0 Å². The van der Waals surface area contributed by atoms with Gasteiger partial charge in [-0.1, -0.05) is 12.1 Å². The van der Waals surface area contributed by atoms with Crippen molar-refractivity contribution in [3.8, 4) is 6.07 Å². The van der Waals surface area contributed by atoms with E-state index in [9.17, 15) is 4.39 Å². The molecule has 1 aromatic carbocycles. The standard InChI is InChI=1S/C12H14FN/c1-8-5-10(12(3,4)7-14)6-9(2)11(8)13/h5-6H,1-4H3. The maximum Gasteiger partial charge on any atom is 0.129 e. The molecule has 0 unspecified atom stereocenters. The first-order valence-corrected chi connectivity index (χ1v) is 4.57. The Morgan fingerprint density at radius 2 is 1.64 bits per heavy atom. The van der Waals surface area contributed by atoms with E-state index in [-0.39, 0.29) is 5.82 Å². The molecule has 0 N–H and O–H groups in total. The van der Waals surface area contributed by atoms with Crippen molar-refractivity contribution >= 4 is 0 Å². The Kier molecular flexibility index (Phi) is 2.62. The van der Waals surface area contributed by atoms with Crippen molar-refractivity contribution < 1.29 is 4.39 Å². The highest BCUT2D eigenvalue weighted by Gasteiger charge is 2.21. The lowest BCUT2D eigenvalue weighted by molar-refractivity contribution is 0.603. The molecule has 0 amide bonds. The predicted octanol–water partition coefficient (Wildman–Crippen LogP) is 3.24. The summed E-state index contributed by atoms with van der Waals surface area (Å²) in [5, 5.41) is 8.95. The number of halogens is 1. The summed E-state index contributed by atoms with van der Waals surface area (Å²) in [7, 11) is 0. The van der Waals surface area contributed by atoms with E-state index in [0.29, 0.717) is 11.1 Å². The van der Waals surface area contributed by atoms with Crippen LogP contribution in [0.5, 0.6) is 0 Å². The Morgan fingerprint density at radius 1 is 1.21 bits per heavy atom. The lowest BCUT2D eigenvalue weighted by Crippen LogP contribution is -2.14. The van der Waals surface area contributed by atoms with Crippen LogP contribution in [0.3, 0.4) is 0 Å². The highest BCUT2D eigenvalue weighted by atomic mass is 19.1. The topological polar surface area (TPSA) is 23.8 Å². The summed E-state index contributed by atoms with van der Waals surface area (Å²) >= 11 is 0. The molecule has 2 heteroatoms. The first kappa shape index (κ1) is 10.7. The molecule has 1 nitrogen and oxygen atoms in total. The molecule has 14 heavy (non-hydrogen) atoms. The third kappa shape index (κ3) is 1.77. The number of benzene rings is 1. The van der Waals surface area contributed by atoms with E-state index in [1.54, 1.807) is 26.0 Å². The third-order valence-corrected chi connectivity index (χ3v) is 2.44. The minimum absolute atomic E-state index is 0.178. The van der Waals surface area contributed by atoms with Crippen molar-refractivity contribution in [1.82, 2.24) is 0 Å². The summed E-state index contributed by atoms with van der Waals surface area (Å²) in [6.45, 7) is 7.11. The molecule has 74 valence electrons. The van der Waals surface area contributed by atoms with Crippen LogP contribution in [0.1, 0.15) is 30.5 Å². The lowest BCUT2D eigenvalue weighted by Gasteiger charge is -2.17. The minimum atomic E-state index is -0.552. The summed E-state index contributed by atoms with van der Waals surface area (Å²) in [5.74, 6) is -0.178. The molecule has 0 atom stereocenters. The van der Waals surface area contributed by atoms with Crippen LogP contribution in [0, 0.1) is 31.0 Å². The molecule has 0 aromatic heterocycles. The quantitative estimate of drug-likeness (QED) is 0.668. The molecule has 0 aliphatic carbocycles. The third-order valence-electron chi connectivity index (χ3n) is 2.44. The summed E-state index contributed by atoms with van der Waals surface area (Å²) in [5.41, 5.74) is 1.52. The molecule has 0 aliphatic rings. The van der Waals surface area contributed by atoms with E-state index >= 15 is 0 Å². The average Bonchev–Trinajstić information content (AvgIpc) is 2.13. The van der Waals surface area contributed by atoms with Crippen molar-refractivity contribution in [3.63, 3.8) is 0 Å². The van der Waals surface area contributed by atoms with Gasteiger partial charge in [0.25, 0.3) is 0 Å². The lowest BCUT2D eigenvalue weighted by atomic mass is 9.84. The fraction of sp³-hybridized carbons (Fsp3) is 0.417. The van der Waals surface area contributed by atoms with E-state index in [1.807, 2.05) is 13.8 Å². The first-order valence-electron chi connectivity index (χ1n) is 4.57. The highest BCUT2D eigenvalue weighted by molar-refractivity contribution is 5.37. The predicted molar refractivity (Wildman–Crippen MR) is 54.5 cm³/mol. The van der Waals surface area contributed by atoms with Crippen molar-refractivity contribution in [2.24, 2.45) is 0 Å². The molecule has 0 saturated heterocycles. The summed E-state index contributed by atoms with van der Waals surface area (Å²) in [6, 6.07) is 5.69. The molecule has 1 aromatic rings. The Labute approximate surface area is 84.2 Å². The summed E-state index contributed by atoms with van der Waals surface area (Å²) < 4.78 is 13.3. The van der Waals surface area contributed by atoms with Gasteiger partial charge >= 0.3 is 0 Å². The number of nitrogens with zero attached hydrogens (tertiary/aromatic N) is 1. The second-order valence-electron chi connectivity index (χ2n) is 4.16. The molecule has 0 saturated carbocycles. The van der Waals surface area contributed by atoms with Gasteiger partial charge in [-0.15, -0.1) is 0 Å². The number of hydrogen-bond acceptors (Lipinski definition) is 1. The largest absolute Gasteiger partial charge is 0.206 e. The zero-order chi connectivity index (χ0) is 10.9. The fourth-order valence-electron chi connectivity index (χ4n) is 1.37. The Hall–Kier alpha value is -1.36. The van der Waals surface area contributed by atoms with Crippen molar-refractivity contribution in [2.75, 3.05) is 0 Å². The van der Waals surface area contributed by atoms with Gasteiger partial charge in [0.1, 0.15) is 5.82 Å². The highest BCUT2D eigenvalue weighted by Crippen LogP contribution is 2.25. The fourth-order valence-corrected chi connectivity index (χ4v) is 1.37. The zero-order valence-electron chi connectivity index (χ0n) is 8.98. The second kappa shape index (κ2) is 3.42. The van der Waals surface area contributed by atoms with Crippen LogP contribution < -0.4 is 0 Å². The molecule has 1 rings (SSSR count). The second-order valence-corrected chi connectivity index (χ2v) is 4.16. The molecule has 0 aliphatic heterocycles. The van der Waals surface area contributed by atoms with Gasteiger partial charge < -0.3 is 0 Å². The average molecular weight is 191 g/mol. The van der Waals surface area contributed by atoms with Crippen LogP contribution in [0.2, 0.25) is 0 Å². The molecular weight excluding hydrogens is 177 g/mol. The van der Waals surface area contributed by atoms with Gasteiger partial charge in [0.15, 0.2) is 0 Å². The van der Waals surface area contributed by atoms with Crippen LogP contribution in [-0.2, 0) is 5.41 Å². The van der Waals surface area contributed by atoms with Crippen molar-refractivity contribution in [1.29, 1.82) is 5.26 Å². The Bertz CT molecular complexity index is 376. The molecule has 0 radical (unpaired) electrons. The molecule has 0 fully saturated rings. The molecular formula is C12H14FN. The number of hydrogen-bond donors (Lipinski definition) is 0. The number of rotatable bonds is 1. The SMILES string of the molecule is Cc1cc(C(C)(C)C#N)cc(C)c1F. The zero-order valence-corrected chi connectivity index (χ0v) is 8.98. The number of aryl methyl sites for hydroxylation is 2. The van der Waals surface area contributed by atoms with Crippen LogP contribution in [0.15, 0.2) is 12.1 Å². The molecule has 0 spiro atoms. The van der Waals surface area contributed by atoms with Gasteiger partial charge in [-0.2, -0.15) is 5.26 Å². The van der Waals surface area contributed by atoms with Gasteiger partial charge in [-0.25, -0.2) is 4.39 Å². The molecule has 0 heterocycles. The van der Waals surface area contributed by atoms with Crippen LogP contribution in [0.25, 0.3) is 0 Å².